The summed E-state index contributed by atoms with van der Waals surface area (Å²) in [7, 11) is 0. The Bertz CT molecular complexity index is 904. The zero-order chi connectivity index (χ0) is 17.2. The highest BCUT2D eigenvalue weighted by Gasteiger charge is 2.27. The first-order valence-electron chi connectivity index (χ1n) is 8.04. The van der Waals surface area contributed by atoms with Gasteiger partial charge < -0.3 is 10.1 Å². The zero-order valence-corrected chi connectivity index (χ0v) is 14.2. The van der Waals surface area contributed by atoms with Gasteiger partial charge in [0.2, 0.25) is 5.91 Å². The highest BCUT2D eigenvalue weighted by atomic mass is 32.1. The van der Waals surface area contributed by atoms with Crippen LogP contribution in [0.25, 0.3) is 0 Å². The molecule has 0 unspecified atom stereocenters. The second-order valence-electron chi connectivity index (χ2n) is 5.95. The lowest BCUT2D eigenvalue weighted by Gasteiger charge is -2.23. The third-order valence-corrected chi connectivity index (χ3v) is 5.34. The Balaban J connectivity index is 1.50. The van der Waals surface area contributed by atoms with Crippen molar-refractivity contribution in [1.29, 1.82) is 0 Å². The molecule has 25 heavy (non-hydrogen) atoms. The van der Waals surface area contributed by atoms with Crippen molar-refractivity contribution in [3.63, 3.8) is 0 Å². The van der Waals surface area contributed by atoms with Gasteiger partial charge in [0, 0.05) is 22.8 Å². The Kier molecular flexibility index (Phi) is 4.24. The van der Waals surface area contributed by atoms with Gasteiger partial charge in [0.05, 0.1) is 5.69 Å². The van der Waals surface area contributed by atoms with Crippen molar-refractivity contribution >= 4 is 22.9 Å². The third-order valence-electron chi connectivity index (χ3n) is 4.31. The molecule has 1 aliphatic rings. The van der Waals surface area contributed by atoms with E-state index in [1.165, 1.54) is 10.9 Å². The van der Waals surface area contributed by atoms with Crippen LogP contribution in [0.15, 0.2) is 60.0 Å². The molecule has 0 bridgehead atoms. The van der Waals surface area contributed by atoms with Crippen molar-refractivity contribution in [1.82, 2.24) is 0 Å². The quantitative estimate of drug-likeness (QED) is 0.721. The van der Waals surface area contributed by atoms with E-state index < -0.39 is 0 Å². The lowest BCUT2D eigenvalue weighted by Crippen LogP contribution is -2.21. The van der Waals surface area contributed by atoms with Gasteiger partial charge in [0.1, 0.15) is 18.2 Å². The van der Waals surface area contributed by atoms with Crippen LogP contribution in [0.1, 0.15) is 28.3 Å². The maximum atomic E-state index is 13.6. The third kappa shape index (κ3) is 3.28. The van der Waals surface area contributed by atoms with Crippen LogP contribution in [0, 0.1) is 5.82 Å². The minimum atomic E-state index is -0.266. The minimum absolute atomic E-state index is 0.0378. The summed E-state index contributed by atoms with van der Waals surface area (Å²) < 4.78 is 19.3. The first-order valence-corrected chi connectivity index (χ1v) is 8.92. The molecule has 1 aromatic heterocycles. The van der Waals surface area contributed by atoms with Crippen LogP contribution in [0.2, 0.25) is 0 Å². The molecule has 0 aliphatic carbocycles. The van der Waals surface area contributed by atoms with Crippen LogP contribution in [-0.4, -0.2) is 5.91 Å². The van der Waals surface area contributed by atoms with Gasteiger partial charge >= 0.3 is 0 Å². The summed E-state index contributed by atoms with van der Waals surface area (Å²) in [5.41, 5.74) is 2.52. The number of halogens is 1. The summed E-state index contributed by atoms with van der Waals surface area (Å²) in [6.45, 7) is 0.187. The monoisotopic (exact) mass is 353 g/mol. The minimum Gasteiger partial charge on any atom is -0.489 e. The van der Waals surface area contributed by atoms with E-state index >= 15 is 0 Å². The number of anilines is 1. The molecule has 3 aromatic rings. The standard InChI is InChI=1S/C20H16FNO2S/c21-17-4-2-1-3-14(17)12-24-15-7-5-13(6-8-15)16-11-19(23)22-18-9-10-25-20(16)18/h1-10,16H,11-12H2,(H,22,23)/t16-/m1/s1. The molecular weight excluding hydrogens is 337 g/mol. The summed E-state index contributed by atoms with van der Waals surface area (Å²) >= 11 is 1.66. The molecule has 0 fully saturated rings. The number of rotatable bonds is 4. The van der Waals surface area contributed by atoms with Gasteiger partial charge in [-0.1, -0.05) is 30.3 Å². The van der Waals surface area contributed by atoms with E-state index in [1.807, 2.05) is 35.7 Å². The number of fused-ring (bicyclic) bond motifs is 1. The molecule has 1 N–H and O–H groups in total. The number of benzene rings is 2. The van der Waals surface area contributed by atoms with E-state index in [1.54, 1.807) is 29.5 Å². The normalized spacial score (nSPS) is 16.2. The molecule has 4 rings (SSSR count). The average Bonchev–Trinajstić information content (AvgIpc) is 3.09. The van der Waals surface area contributed by atoms with Gasteiger partial charge in [0.15, 0.2) is 0 Å². The van der Waals surface area contributed by atoms with Crippen molar-refractivity contribution in [2.75, 3.05) is 5.32 Å². The van der Waals surface area contributed by atoms with Gasteiger partial charge in [-0.2, -0.15) is 0 Å². The van der Waals surface area contributed by atoms with Gasteiger partial charge in [0.25, 0.3) is 0 Å². The van der Waals surface area contributed by atoms with Gasteiger partial charge in [-0.15, -0.1) is 11.3 Å². The van der Waals surface area contributed by atoms with Crippen molar-refractivity contribution in [3.05, 3.63) is 81.8 Å². The van der Waals surface area contributed by atoms with Crippen molar-refractivity contribution in [2.24, 2.45) is 0 Å². The molecule has 0 radical (unpaired) electrons. The average molecular weight is 353 g/mol. The van der Waals surface area contributed by atoms with Crippen LogP contribution in [0.4, 0.5) is 10.1 Å². The van der Waals surface area contributed by atoms with Gasteiger partial charge in [-0.05, 0) is 35.2 Å². The number of carbonyl (C=O) groups is 1. The van der Waals surface area contributed by atoms with Crippen LogP contribution in [0.3, 0.4) is 0 Å². The Morgan fingerprint density at radius 3 is 2.72 bits per heavy atom. The second-order valence-corrected chi connectivity index (χ2v) is 6.90. The highest BCUT2D eigenvalue weighted by molar-refractivity contribution is 7.10. The van der Waals surface area contributed by atoms with E-state index in [9.17, 15) is 9.18 Å². The lowest BCUT2D eigenvalue weighted by atomic mass is 9.91. The van der Waals surface area contributed by atoms with E-state index in [4.69, 9.17) is 4.74 Å². The molecule has 2 aromatic carbocycles. The molecule has 126 valence electrons. The summed E-state index contributed by atoms with van der Waals surface area (Å²) in [5, 5.41) is 4.90. The highest BCUT2D eigenvalue weighted by Crippen LogP contribution is 2.40. The molecule has 2 heterocycles. The lowest BCUT2D eigenvalue weighted by molar-refractivity contribution is -0.116. The topological polar surface area (TPSA) is 38.3 Å². The Hall–Kier alpha value is -2.66. The van der Waals surface area contributed by atoms with Crippen molar-refractivity contribution in [3.8, 4) is 5.75 Å². The molecule has 1 aliphatic heterocycles. The van der Waals surface area contributed by atoms with E-state index in [0.29, 0.717) is 17.7 Å². The maximum absolute atomic E-state index is 13.6. The predicted octanol–water partition coefficient (Wildman–Crippen LogP) is 4.94. The van der Waals surface area contributed by atoms with Crippen LogP contribution in [-0.2, 0) is 11.4 Å². The SMILES string of the molecule is O=C1C[C@H](c2ccc(OCc3ccccc3F)cc2)c2sccc2N1. The summed E-state index contributed by atoms with van der Waals surface area (Å²) in [6.07, 6.45) is 0.447. The van der Waals surface area contributed by atoms with Gasteiger partial charge in [-0.3, -0.25) is 4.79 Å². The first kappa shape index (κ1) is 15.8. The zero-order valence-electron chi connectivity index (χ0n) is 13.4. The Morgan fingerprint density at radius 1 is 1.12 bits per heavy atom. The second kappa shape index (κ2) is 6.69. The fraction of sp³-hybridized carbons (Fsp3) is 0.150. The molecule has 3 nitrogen and oxygen atoms in total. The molecule has 5 heteroatoms. The fourth-order valence-electron chi connectivity index (χ4n) is 3.02. The number of ether oxygens (including phenoxy) is 1. The number of hydrogen-bond donors (Lipinski definition) is 1. The molecular formula is C20H16FNO2S. The summed E-state index contributed by atoms with van der Waals surface area (Å²) in [5.74, 6) is 0.524. The molecule has 0 spiro atoms. The van der Waals surface area contributed by atoms with Crippen LogP contribution >= 0.6 is 11.3 Å². The first-order chi connectivity index (χ1) is 12.2. The predicted molar refractivity (Wildman–Crippen MR) is 96.6 cm³/mol. The number of thiophene rings is 1. The Labute approximate surface area is 149 Å². The van der Waals surface area contributed by atoms with E-state index in [2.05, 4.69) is 5.32 Å². The molecule has 0 saturated carbocycles. The maximum Gasteiger partial charge on any atom is 0.225 e. The number of carbonyl (C=O) groups excluding carboxylic acids is 1. The molecule has 1 amide bonds. The Morgan fingerprint density at radius 2 is 1.92 bits per heavy atom. The van der Waals surface area contributed by atoms with E-state index in [0.717, 1.165) is 11.3 Å². The molecule has 1 atom stereocenters. The summed E-state index contributed by atoms with van der Waals surface area (Å²) in [6, 6.07) is 16.2. The van der Waals surface area contributed by atoms with Crippen molar-refractivity contribution in [2.45, 2.75) is 18.9 Å². The number of amides is 1. The van der Waals surface area contributed by atoms with E-state index in [-0.39, 0.29) is 24.2 Å². The largest absolute Gasteiger partial charge is 0.489 e. The fourth-order valence-corrected chi connectivity index (χ4v) is 4.00. The smallest absolute Gasteiger partial charge is 0.225 e. The van der Waals surface area contributed by atoms with Crippen molar-refractivity contribution < 1.29 is 13.9 Å². The number of hydrogen-bond acceptors (Lipinski definition) is 3. The van der Waals surface area contributed by atoms with Crippen LogP contribution in [0.5, 0.6) is 5.75 Å². The summed E-state index contributed by atoms with van der Waals surface area (Å²) in [4.78, 5) is 13.1. The van der Waals surface area contributed by atoms with Crippen LogP contribution < -0.4 is 10.1 Å². The van der Waals surface area contributed by atoms with Gasteiger partial charge in [-0.25, -0.2) is 4.39 Å². The molecule has 0 saturated heterocycles. The number of nitrogens with one attached hydrogen (secondary N) is 1.